The average molecular weight is 736 g/mol. The van der Waals surface area contributed by atoms with Crippen molar-refractivity contribution < 1.29 is 0 Å². The van der Waals surface area contributed by atoms with Gasteiger partial charge in [0.25, 0.3) is 0 Å². The number of rotatable bonds is 6. The lowest BCUT2D eigenvalue weighted by atomic mass is 9.93. The topological polar surface area (TPSA) is 3.24 Å². The molecule has 0 aliphatic heterocycles. The fraction of sp³-hybridized carbons (Fsp3) is 0. The minimum absolute atomic E-state index is 1.11. The molecular weight excluding hydrogens is 703 g/mol. The summed E-state index contributed by atoms with van der Waals surface area (Å²) >= 11 is 3.75. The van der Waals surface area contributed by atoms with Gasteiger partial charge in [-0.05, 0) is 98.8 Å². The summed E-state index contributed by atoms with van der Waals surface area (Å²) in [5.74, 6) is 0. The molecule has 3 heteroatoms. The zero-order valence-electron chi connectivity index (χ0n) is 29.8. The highest BCUT2D eigenvalue weighted by Gasteiger charge is 2.21. The van der Waals surface area contributed by atoms with Crippen LogP contribution in [0.15, 0.2) is 200 Å². The summed E-state index contributed by atoms with van der Waals surface area (Å²) in [4.78, 5) is 2.49. The van der Waals surface area contributed by atoms with Gasteiger partial charge in [-0.2, -0.15) is 0 Å². The molecule has 0 fully saturated rings. The Hall–Kier alpha value is -6.52. The minimum atomic E-state index is 1.11. The van der Waals surface area contributed by atoms with Crippen molar-refractivity contribution in [3.05, 3.63) is 200 Å². The van der Waals surface area contributed by atoms with Crippen molar-refractivity contribution in [3.8, 4) is 33.4 Å². The van der Waals surface area contributed by atoms with Crippen LogP contribution in [0.1, 0.15) is 0 Å². The van der Waals surface area contributed by atoms with E-state index in [2.05, 4.69) is 205 Å². The molecule has 258 valence electrons. The third kappa shape index (κ3) is 5.43. The molecule has 11 rings (SSSR count). The van der Waals surface area contributed by atoms with Crippen LogP contribution in [0.4, 0.5) is 17.1 Å². The summed E-state index contributed by atoms with van der Waals surface area (Å²) in [6, 6.07) is 73.6. The molecule has 0 aliphatic rings. The lowest BCUT2D eigenvalue weighted by Gasteiger charge is -2.28. The predicted octanol–water partition coefficient (Wildman–Crippen LogP) is 16.0. The van der Waals surface area contributed by atoms with Gasteiger partial charge in [0.05, 0.1) is 5.69 Å². The molecule has 0 aliphatic carbocycles. The number of anilines is 3. The highest BCUT2D eigenvalue weighted by atomic mass is 32.1. The lowest BCUT2D eigenvalue weighted by molar-refractivity contribution is 1.30. The predicted molar refractivity (Wildman–Crippen MR) is 241 cm³/mol. The van der Waals surface area contributed by atoms with E-state index < -0.39 is 0 Å². The second-order valence-electron chi connectivity index (χ2n) is 14.1. The molecule has 0 atom stereocenters. The first-order valence-corrected chi connectivity index (χ1v) is 20.3. The first kappa shape index (κ1) is 32.0. The average Bonchev–Trinajstić information content (AvgIpc) is 3.83. The van der Waals surface area contributed by atoms with Crippen molar-refractivity contribution in [2.45, 2.75) is 0 Å². The van der Waals surface area contributed by atoms with Gasteiger partial charge in [0.1, 0.15) is 0 Å². The first-order valence-electron chi connectivity index (χ1n) is 18.7. The zero-order chi connectivity index (χ0) is 36.3. The molecule has 0 bridgehead atoms. The third-order valence-corrected chi connectivity index (χ3v) is 13.2. The maximum atomic E-state index is 2.49. The Balaban J connectivity index is 1.21. The largest absolute Gasteiger partial charge is 0.310 e. The summed E-state index contributed by atoms with van der Waals surface area (Å²) in [7, 11) is 0. The molecule has 1 nitrogen and oxygen atoms in total. The van der Waals surface area contributed by atoms with Crippen LogP contribution in [0, 0.1) is 0 Å². The summed E-state index contributed by atoms with van der Waals surface area (Å²) < 4.78 is 5.21. The molecule has 2 heterocycles. The Labute approximate surface area is 327 Å². The normalized spacial score (nSPS) is 11.6. The maximum Gasteiger partial charge on any atom is 0.0554 e. The third-order valence-electron chi connectivity index (χ3n) is 10.8. The summed E-state index contributed by atoms with van der Waals surface area (Å²) in [5.41, 5.74) is 10.7. The highest BCUT2D eigenvalue weighted by molar-refractivity contribution is 7.26. The Morgan fingerprint density at radius 1 is 0.327 bits per heavy atom. The Kier molecular flexibility index (Phi) is 7.61. The molecule has 11 aromatic rings. The molecule has 0 spiro atoms. The fourth-order valence-corrected chi connectivity index (χ4v) is 10.7. The number of hydrogen-bond acceptors (Lipinski definition) is 3. The van der Waals surface area contributed by atoms with Gasteiger partial charge in [-0.1, -0.05) is 146 Å². The quantitative estimate of drug-likeness (QED) is 0.164. The second-order valence-corrected chi connectivity index (χ2v) is 16.2. The molecular formula is C52H33NS2. The van der Waals surface area contributed by atoms with Crippen LogP contribution in [0.2, 0.25) is 0 Å². The minimum Gasteiger partial charge on any atom is -0.310 e. The molecule has 55 heavy (non-hydrogen) atoms. The second kappa shape index (κ2) is 13.1. The van der Waals surface area contributed by atoms with Crippen molar-refractivity contribution in [2.24, 2.45) is 0 Å². The van der Waals surface area contributed by atoms with Gasteiger partial charge in [-0.15, -0.1) is 22.7 Å². The zero-order valence-corrected chi connectivity index (χ0v) is 31.4. The highest BCUT2D eigenvalue weighted by Crippen LogP contribution is 2.48. The lowest BCUT2D eigenvalue weighted by Crippen LogP contribution is -2.11. The summed E-state index contributed by atoms with van der Waals surface area (Å²) in [5, 5.41) is 7.66. The number of thiophene rings is 2. The molecule has 0 N–H and O–H groups in total. The molecule has 0 saturated heterocycles. The van der Waals surface area contributed by atoms with E-state index in [1.54, 1.807) is 0 Å². The van der Waals surface area contributed by atoms with Crippen molar-refractivity contribution in [1.29, 1.82) is 0 Å². The Morgan fingerprint density at radius 3 is 1.75 bits per heavy atom. The van der Waals surface area contributed by atoms with Crippen LogP contribution < -0.4 is 4.90 Å². The van der Waals surface area contributed by atoms with Crippen molar-refractivity contribution in [2.75, 3.05) is 4.90 Å². The van der Waals surface area contributed by atoms with Crippen molar-refractivity contribution >= 4 is 90.9 Å². The van der Waals surface area contributed by atoms with Gasteiger partial charge in [0.2, 0.25) is 0 Å². The van der Waals surface area contributed by atoms with E-state index in [1.807, 2.05) is 22.7 Å². The van der Waals surface area contributed by atoms with Crippen LogP contribution in [0.5, 0.6) is 0 Å². The van der Waals surface area contributed by atoms with Crippen molar-refractivity contribution in [3.63, 3.8) is 0 Å². The van der Waals surface area contributed by atoms with Crippen LogP contribution >= 0.6 is 22.7 Å². The monoisotopic (exact) mass is 735 g/mol. The summed E-state index contributed by atoms with van der Waals surface area (Å²) in [6.07, 6.45) is 0. The molecule has 0 radical (unpaired) electrons. The van der Waals surface area contributed by atoms with E-state index in [-0.39, 0.29) is 0 Å². The molecule has 9 aromatic carbocycles. The first-order chi connectivity index (χ1) is 27.3. The van der Waals surface area contributed by atoms with E-state index in [0.29, 0.717) is 0 Å². The van der Waals surface area contributed by atoms with Crippen LogP contribution in [0.25, 0.3) is 84.5 Å². The standard InChI is InChI=1S/C52H33NS2/c1-2-13-34(14-3-1)35-27-29-39(30-28-35)53(47-23-12-26-50-51(47)46-19-7-9-25-49(46)54-50)40-32-37(42-20-10-16-36-15-4-5-17-41(36)42)31-38(33-40)43-21-11-22-45-44-18-6-8-24-48(44)55-52(43)45/h1-33H. The van der Waals surface area contributed by atoms with Crippen molar-refractivity contribution in [1.82, 2.24) is 0 Å². The molecule has 2 aromatic heterocycles. The van der Waals surface area contributed by atoms with E-state index in [0.717, 1.165) is 11.4 Å². The van der Waals surface area contributed by atoms with E-state index in [9.17, 15) is 0 Å². The molecule has 0 saturated carbocycles. The Bertz CT molecular complexity index is 3200. The smallest absolute Gasteiger partial charge is 0.0554 e. The maximum absolute atomic E-state index is 2.49. The van der Waals surface area contributed by atoms with Crippen LogP contribution in [-0.4, -0.2) is 0 Å². The number of nitrogens with zero attached hydrogens (tertiary/aromatic N) is 1. The number of hydrogen-bond donors (Lipinski definition) is 0. The molecule has 0 unspecified atom stereocenters. The van der Waals surface area contributed by atoms with E-state index >= 15 is 0 Å². The SMILES string of the molecule is c1ccc(-c2ccc(N(c3cc(-c4cccc5ccccc45)cc(-c4cccc5c4sc4ccccc45)c3)c3cccc4sc5ccccc5c34)cc2)cc1. The summed E-state index contributed by atoms with van der Waals surface area (Å²) in [6.45, 7) is 0. The Morgan fingerprint density at radius 2 is 0.909 bits per heavy atom. The van der Waals surface area contributed by atoms with Gasteiger partial charge in [0.15, 0.2) is 0 Å². The van der Waals surface area contributed by atoms with Gasteiger partial charge >= 0.3 is 0 Å². The van der Waals surface area contributed by atoms with E-state index in [4.69, 9.17) is 0 Å². The van der Waals surface area contributed by atoms with Crippen LogP contribution in [-0.2, 0) is 0 Å². The van der Waals surface area contributed by atoms with Gasteiger partial charge in [0, 0.05) is 51.7 Å². The van der Waals surface area contributed by atoms with Gasteiger partial charge < -0.3 is 4.90 Å². The number of fused-ring (bicyclic) bond motifs is 7. The molecule has 0 amide bonds. The van der Waals surface area contributed by atoms with E-state index in [1.165, 1.54) is 90.2 Å². The number of benzene rings is 9. The fourth-order valence-electron chi connectivity index (χ4n) is 8.31. The van der Waals surface area contributed by atoms with Crippen LogP contribution in [0.3, 0.4) is 0 Å². The van der Waals surface area contributed by atoms with Gasteiger partial charge in [-0.25, -0.2) is 0 Å². The van der Waals surface area contributed by atoms with Gasteiger partial charge in [-0.3, -0.25) is 0 Å².